The third kappa shape index (κ3) is 2.28. The van der Waals surface area contributed by atoms with Crippen molar-refractivity contribution in [3.8, 4) is 0 Å². The molecule has 0 aliphatic rings. The molecular formula is C5H8Cl. The Hall–Kier alpha value is 0.0300. The smallest absolute Gasteiger partial charge is 0.0138 e. The topological polar surface area (TPSA) is 0 Å². The lowest BCUT2D eigenvalue weighted by molar-refractivity contribution is 1.19. The van der Waals surface area contributed by atoms with Gasteiger partial charge >= 0.3 is 0 Å². The van der Waals surface area contributed by atoms with E-state index in [1.165, 1.54) is 0 Å². The second-order valence-electron chi connectivity index (χ2n) is 1.00. The molecule has 0 aromatic heterocycles. The fourth-order valence-electron chi connectivity index (χ4n) is 0.144. The van der Waals surface area contributed by atoms with E-state index >= 15 is 0 Å². The Morgan fingerprint density at radius 3 is 2.50 bits per heavy atom. The average Bonchev–Trinajstić information content (AvgIpc) is 1.65. The summed E-state index contributed by atoms with van der Waals surface area (Å²) in [6.07, 6.45) is 2.55. The molecule has 0 fully saturated rings. The van der Waals surface area contributed by atoms with Crippen LogP contribution in [0.3, 0.4) is 0 Å². The third-order valence-electron chi connectivity index (χ3n) is 0.559. The van der Waals surface area contributed by atoms with Gasteiger partial charge in [-0.25, -0.2) is 0 Å². The Kier molecular flexibility index (Phi) is 3.24. The molecule has 0 aliphatic heterocycles. The molecule has 0 saturated carbocycles. The van der Waals surface area contributed by atoms with Crippen LogP contribution < -0.4 is 0 Å². The molecule has 0 nitrogen and oxygen atoms in total. The highest BCUT2D eigenvalue weighted by molar-refractivity contribution is 6.29. The van der Waals surface area contributed by atoms with E-state index in [0.717, 1.165) is 11.5 Å². The van der Waals surface area contributed by atoms with Crippen LogP contribution in [0.5, 0.6) is 0 Å². The quantitative estimate of drug-likeness (QED) is 0.478. The first kappa shape index (κ1) is 6.03. The minimum absolute atomic E-state index is 0.829. The van der Waals surface area contributed by atoms with E-state index in [9.17, 15) is 0 Å². The van der Waals surface area contributed by atoms with Crippen molar-refractivity contribution in [1.82, 2.24) is 0 Å². The summed E-state index contributed by atoms with van der Waals surface area (Å²) in [4.78, 5) is 0. The predicted octanol–water partition coefficient (Wildman–Crippen LogP) is 2.35. The molecule has 0 aromatic rings. The zero-order valence-electron chi connectivity index (χ0n) is 3.87. The molecule has 35 valence electrons. The van der Waals surface area contributed by atoms with E-state index in [0.29, 0.717) is 0 Å². The van der Waals surface area contributed by atoms with Gasteiger partial charge in [0.25, 0.3) is 0 Å². The third-order valence-corrected chi connectivity index (χ3v) is 0.981. The Labute approximate surface area is 43.8 Å². The van der Waals surface area contributed by atoms with Crippen molar-refractivity contribution in [2.24, 2.45) is 0 Å². The van der Waals surface area contributed by atoms with Crippen LogP contribution in [0.25, 0.3) is 0 Å². The van der Waals surface area contributed by atoms with Crippen molar-refractivity contribution >= 4 is 11.6 Å². The summed E-state index contributed by atoms with van der Waals surface area (Å²) in [5.74, 6) is 0. The maximum absolute atomic E-state index is 5.45. The number of allylic oxidation sites excluding steroid dienone is 2. The van der Waals surface area contributed by atoms with Crippen LogP contribution in [0.1, 0.15) is 13.3 Å². The minimum Gasteiger partial charge on any atom is -0.0895 e. The summed E-state index contributed by atoms with van der Waals surface area (Å²) >= 11 is 5.45. The second-order valence-corrected chi connectivity index (χ2v) is 1.49. The van der Waals surface area contributed by atoms with Crippen molar-refractivity contribution in [2.45, 2.75) is 13.3 Å². The highest BCUT2D eigenvalue weighted by Gasteiger charge is 1.76. The van der Waals surface area contributed by atoms with E-state index in [1.54, 1.807) is 6.08 Å². The zero-order chi connectivity index (χ0) is 4.99. The first-order chi connectivity index (χ1) is 2.81. The molecule has 0 spiro atoms. The molecule has 0 aromatic carbocycles. The monoisotopic (exact) mass is 103 g/mol. The summed E-state index contributed by atoms with van der Waals surface area (Å²) in [7, 11) is 0. The number of rotatable bonds is 1. The lowest BCUT2D eigenvalue weighted by Gasteiger charge is -1.81. The largest absolute Gasteiger partial charge is 0.0895 e. The molecular weight excluding hydrogens is 95.5 g/mol. The summed E-state index contributed by atoms with van der Waals surface area (Å²) in [6.45, 7) is 5.45. The summed E-state index contributed by atoms with van der Waals surface area (Å²) < 4.78 is 0. The van der Waals surface area contributed by atoms with E-state index in [-0.39, 0.29) is 0 Å². The first-order valence-electron chi connectivity index (χ1n) is 1.95. The predicted molar refractivity (Wildman–Crippen MR) is 29.6 cm³/mol. The molecule has 0 unspecified atom stereocenters. The minimum atomic E-state index is 0.829. The molecule has 0 N–H and O–H groups in total. The van der Waals surface area contributed by atoms with Gasteiger partial charge in [-0.1, -0.05) is 24.6 Å². The van der Waals surface area contributed by atoms with Gasteiger partial charge in [-0.05, 0) is 13.3 Å². The van der Waals surface area contributed by atoms with Gasteiger partial charge in [-0.15, -0.1) is 0 Å². The molecule has 0 amide bonds. The Bertz CT molecular complexity index is 55.0. The molecule has 0 rings (SSSR count). The standard InChI is InChI=1S/C5H8Cl/c1-3-5(6)4-2/h3H,1,4H2,2H3/b5-3-. The van der Waals surface area contributed by atoms with Crippen molar-refractivity contribution in [3.05, 3.63) is 18.0 Å². The first-order valence-corrected chi connectivity index (χ1v) is 2.32. The fourth-order valence-corrected chi connectivity index (χ4v) is 0.144. The average molecular weight is 104 g/mol. The van der Waals surface area contributed by atoms with Crippen LogP contribution in [-0.4, -0.2) is 0 Å². The van der Waals surface area contributed by atoms with Gasteiger partial charge in [-0.2, -0.15) is 0 Å². The number of hydrogen-bond acceptors (Lipinski definition) is 0. The van der Waals surface area contributed by atoms with Crippen molar-refractivity contribution in [3.63, 3.8) is 0 Å². The van der Waals surface area contributed by atoms with Crippen LogP contribution in [0.4, 0.5) is 0 Å². The fraction of sp³-hybridized carbons (Fsp3) is 0.400. The summed E-state index contributed by atoms with van der Waals surface area (Å²) in [6, 6.07) is 0. The highest BCUT2D eigenvalue weighted by atomic mass is 35.5. The Balaban J connectivity index is 3.22. The molecule has 1 heteroatoms. The summed E-state index contributed by atoms with van der Waals surface area (Å²) in [5, 5.41) is 0.829. The molecule has 0 heterocycles. The van der Waals surface area contributed by atoms with Crippen LogP contribution in [0.15, 0.2) is 11.1 Å². The van der Waals surface area contributed by atoms with Crippen LogP contribution in [0.2, 0.25) is 0 Å². The van der Waals surface area contributed by atoms with Crippen molar-refractivity contribution < 1.29 is 0 Å². The van der Waals surface area contributed by atoms with Crippen LogP contribution >= 0.6 is 11.6 Å². The van der Waals surface area contributed by atoms with Gasteiger partial charge < -0.3 is 0 Å². The molecule has 1 radical (unpaired) electrons. The number of hydrogen-bond donors (Lipinski definition) is 0. The normalized spacial score (nSPS) is 12.2. The maximum atomic E-state index is 5.45. The van der Waals surface area contributed by atoms with E-state index in [1.807, 2.05) is 6.92 Å². The maximum Gasteiger partial charge on any atom is 0.0138 e. The Morgan fingerprint density at radius 1 is 2.00 bits per heavy atom. The summed E-state index contributed by atoms with van der Waals surface area (Å²) in [5.41, 5.74) is 0. The van der Waals surface area contributed by atoms with E-state index in [2.05, 4.69) is 6.92 Å². The lowest BCUT2D eigenvalue weighted by Crippen LogP contribution is -1.59. The van der Waals surface area contributed by atoms with Crippen LogP contribution in [-0.2, 0) is 0 Å². The SMILES string of the molecule is [CH2]/C=C(\Cl)CC. The highest BCUT2D eigenvalue weighted by Crippen LogP contribution is 2.02. The van der Waals surface area contributed by atoms with E-state index < -0.39 is 0 Å². The van der Waals surface area contributed by atoms with Gasteiger partial charge in [0.1, 0.15) is 0 Å². The van der Waals surface area contributed by atoms with Gasteiger partial charge in [0.05, 0.1) is 0 Å². The molecule has 0 atom stereocenters. The lowest BCUT2D eigenvalue weighted by atomic mass is 10.4. The van der Waals surface area contributed by atoms with Crippen LogP contribution in [0, 0.1) is 6.92 Å². The van der Waals surface area contributed by atoms with Gasteiger partial charge in [0, 0.05) is 5.03 Å². The Morgan fingerprint density at radius 2 is 2.50 bits per heavy atom. The zero-order valence-corrected chi connectivity index (χ0v) is 4.63. The molecule has 6 heavy (non-hydrogen) atoms. The van der Waals surface area contributed by atoms with Crippen molar-refractivity contribution in [2.75, 3.05) is 0 Å². The van der Waals surface area contributed by atoms with Gasteiger partial charge in [0.2, 0.25) is 0 Å². The molecule has 0 aliphatic carbocycles. The molecule has 0 saturated heterocycles. The van der Waals surface area contributed by atoms with E-state index in [4.69, 9.17) is 11.6 Å². The van der Waals surface area contributed by atoms with Gasteiger partial charge in [0.15, 0.2) is 0 Å². The second kappa shape index (κ2) is 3.23. The molecule has 0 bridgehead atoms. The van der Waals surface area contributed by atoms with Gasteiger partial charge in [-0.3, -0.25) is 0 Å². The number of halogens is 1. The van der Waals surface area contributed by atoms with Crippen molar-refractivity contribution in [1.29, 1.82) is 0 Å².